The standard InChI is InChI=1S/C16H10F3NO3S2/c1-10-13-8-7-12(24-11-5-3-2-4-6-11)9-14(13)15(21)20(10)23-25(22)16(17,18)19/h2-9H,1H2. The zero-order chi connectivity index (χ0) is 18.2. The third-order valence-electron chi connectivity index (χ3n) is 3.27. The van der Waals surface area contributed by atoms with Crippen LogP contribution in [0.4, 0.5) is 13.2 Å². The number of amides is 1. The lowest BCUT2D eigenvalue weighted by molar-refractivity contribution is -0.0619. The fourth-order valence-electron chi connectivity index (χ4n) is 2.17. The summed E-state index contributed by atoms with van der Waals surface area (Å²) in [6, 6.07) is 14.2. The van der Waals surface area contributed by atoms with Gasteiger partial charge in [0.1, 0.15) is 0 Å². The van der Waals surface area contributed by atoms with Crippen molar-refractivity contribution in [1.29, 1.82) is 0 Å². The Kier molecular flexibility index (Phi) is 4.72. The highest BCUT2D eigenvalue weighted by Gasteiger charge is 2.44. The van der Waals surface area contributed by atoms with E-state index < -0.39 is 22.5 Å². The van der Waals surface area contributed by atoms with Gasteiger partial charge in [-0.1, -0.05) is 42.6 Å². The molecule has 0 aromatic heterocycles. The number of hydrogen-bond acceptors (Lipinski definition) is 4. The first-order valence-corrected chi connectivity index (χ1v) is 8.74. The Morgan fingerprint density at radius 1 is 1.04 bits per heavy atom. The highest BCUT2D eigenvalue weighted by atomic mass is 32.2. The molecule has 3 rings (SSSR count). The molecule has 1 amide bonds. The lowest BCUT2D eigenvalue weighted by Crippen LogP contribution is -2.30. The molecule has 0 aliphatic carbocycles. The second-order valence-electron chi connectivity index (χ2n) is 4.92. The van der Waals surface area contributed by atoms with Gasteiger partial charge in [-0.3, -0.25) is 4.79 Å². The molecule has 2 aromatic rings. The second kappa shape index (κ2) is 6.66. The van der Waals surface area contributed by atoms with Crippen molar-refractivity contribution in [2.24, 2.45) is 0 Å². The number of halogens is 3. The minimum atomic E-state index is -5.09. The molecule has 0 saturated carbocycles. The van der Waals surface area contributed by atoms with Gasteiger partial charge in [-0.05, 0) is 24.3 Å². The van der Waals surface area contributed by atoms with Gasteiger partial charge in [0, 0.05) is 15.4 Å². The first-order chi connectivity index (χ1) is 11.8. The monoisotopic (exact) mass is 385 g/mol. The molecule has 130 valence electrons. The summed E-state index contributed by atoms with van der Waals surface area (Å²) in [7, 11) is 0. The summed E-state index contributed by atoms with van der Waals surface area (Å²) in [5.74, 6) is -0.840. The highest BCUT2D eigenvalue weighted by molar-refractivity contribution is 7.99. The van der Waals surface area contributed by atoms with Crippen LogP contribution in [0.1, 0.15) is 15.9 Å². The number of carbonyl (C=O) groups is 1. The van der Waals surface area contributed by atoms with Crippen molar-refractivity contribution in [1.82, 2.24) is 5.06 Å². The van der Waals surface area contributed by atoms with Crippen molar-refractivity contribution in [3.8, 4) is 0 Å². The van der Waals surface area contributed by atoms with E-state index >= 15 is 0 Å². The summed E-state index contributed by atoms with van der Waals surface area (Å²) in [4.78, 5) is 14.0. The van der Waals surface area contributed by atoms with Crippen molar-refractivity contribution in [3.05, 3.63) is 66.2 Å². The molecular weight excluding hydrogens is 375 g/mol. The maximum atomic E-state index is 12.4. The molecule has 0 fully saturated rings. The van der Waals surface area contributed by atoms with Crippen LogP contribution in [0.25, 0.3) is 5.70 Å². The molecule has 0 radical (unpaired) electrons. The molecule has 1 aliphatic heterocycles. The van der Waals surface area contributed by atoms with Crippen molar-refractivity contribution in [2.45, 2.75) is 15.3 Å². The van der Waals surface area contributed by atoms with E-state index in [2.05, 4.69) is 10.9 Å². The zero-order valence-electron chi connectivity index (χ0n) is 12.4. The van der Waals surface area contributed by atoms with Crippen LogP contribution in [0.2, 0.25) is 0 Å². The molecule has 1 atom stereocenters. The molecule has 25 heavy (non-hydrogen) atoms. The van der Waals surface area contributed by atoms with Crippen LogP contribution < -0.4 is 0 Å². The predicted molar refractivity (Wildman–Crippen MR) is 87.5 cm³/mol. The van der Waals surface area contributed by atoms with Crippen LogP contribution in [0.15, 0.2) is 64.9 Å². The first-order valence-electron chi connectivity index (χ1n) is 6.85. The SMILES string of the molecule is C=C1c2ccc(Sc3ccccc3)cc2C(=O)N1OS(=O)C(F)(F)F. The number of nitrogens with zero attached hydrogens (tertiary/aromatic N) is 1. The van der Waals surface area contributed by atoms with Gasteiger partial charge in [-0.15, -0.1) is 0 Å². The number of alkyl halides is 3. The van der Waals surface area contributed by atoms with E-state index in [1.54, 1.807) is 18.2 Å². The summed E-state index contributed by atoms with van der Waals surface area (Å²) < 4.78 is 52.5. The molecule has 1 unspecified atom stereocenters. The van der Waals surface area contributed by atoms with Gasteiger partial charge in [-0.2, -0.15) is 22.5 Å². The maximum Gasteiger partial charge on any atom is 0.499 e. The maximum absolute atomic E-state index is 12.4. The van der Waals surface area contributed by atoms with Gasteiger partial charge in [0.25, 0.3) is 17.0 Å². The lowest BCUT2D eigenvalue weighted by atomic mass is 10.1. The Hall–Kier alpha value is -2.10. The Morgan fingerprint density at radius 2 is 1.72 bits per heavy atom. The average Bonchev–Trinajstić information content (AvgIpc) is 2.80. The van der Waals surface area contributed by atoms with Crippen LogP contribution in [-0.4, -0.2) is 20.7 Å². The lowest BCUT2D eigenvalue weighted by Gasteiger charge is -2.15. The van der Waals surface area contributed by atoms with E-state index in [4.69, 9.17) is 0 Å². The van der Waals surface area contributed by atoms with E-state index in [9.17, 15) is 22.2 Å². The van der Waals surface area contributed by atoms with Gasteiger partial charge in [0.15, 0.2) is 0 Å². The van der Waals surface area contributed by atoms with Gasteiger partial charge >= 0.3 is 5.51 Å². The van der Waals surface area contributed by atoms with Crippen molar-refractivity contribution in [2.75, 3.05) is 0 Å². The van der Waals surface area contributed by atoms with E-state index in [0.29, 0.717) is 10.6 Å². The zero-order valence-corrected chi connectivity index (χ0v) is 14.1. The molecule has 2 aromatic carbocycles. The van der Waals surface area contributed by atoms with E-state index in [0.717, 1.165) is 9.79 Å². The third-order valence-corrected chi connectivity index (χ3v) is 4.93. The fraction of sp³-hybridized carbons (Fsp3) is 0.0625. The minimum absolute atomic E-state index is 0.0890. The summed E-state index contributed by atoms with van der Waals surface area (Å²) in [5.41, 5.74) is -4.70. The molecule has 9 heteroatoms. The van der Waals surface area contributed by atoms with Gasteiger partial charge in [0.2, 0.25) is 0 Å². The summed E-state index contributed by atoms with van der Waals surface area (Å²) >= 11 is -2.26. The Bertz CT molecular complexity index is 869. The van der Waals surface area contributed by atoms with Crippen molar-refractivity contribution >= 4 is 34.4 Å². The number of rotatable bonds is 4. The Morgan fingerprint density at radius 3 is 2.36 bits per heavy atom. The second-order valence-corrected chi connectivity index (χ2v) is 7.15. The average molecular weight is 385 g/mol. The number of fused-ring (bicyclic) bond motifs is 1. The number of hydrogen-bond donors (Lipinski definition) is 0. The highest BCUT2D eigenvalue weighted by Crippen LogP contribution is 2.37. The van der Waals surface area contributed by atoms with Gasteiger partial charge in [0.05, 0.1) is 11.3 Å². The minimum Gasteiger partial charge on any atom is -0.266 e. The van der Waals surface area contributed by atoms with E-state index in [1.165, 1.54) is 11.8 Å². The number of carbonyl (C=O) groups excluding carboxylic acids is 1. The molecule has 1 heterocycles. The first kappa shape index (κ1) is 17.7. The molecule has 0 saturated heterocycles. The largest absolute Gasteiger partial charge is 0.499 e. The topological polar surface area (TPSA) is 46.6 Å². The van der Waals surface area contributed by atoms with Gasteiger partial charge in [-0.25, -0.2) is 4.21 Å². The molecule has 4 nitrogen and oxygen atoms in total. The predicted octanol–water partition coefficient (Wildman–Crippen LogP) is 4.38. The summed E-state index contributed by atoms with van der Waals surface area (Å²) in [6.45, 7) is 3.55. The van der Waals surface area contributed by atoms with Crippen molar-refractivity contribution in [3.63, 3.8) is 0 Å². The molecule has 0 N–H and O–H groups in total. The summed E-state index contributed by atoms with van der Waals surface area (Å²) in [5, 5.41) is 0.325. The van der Waals surface area contributed by atoms with Crippen LogP contribution >= 0.6 is 11.8 Å². The quantitative estimate of drug-likeness (QED) is 0.784. The van der Waals surface area contributed by atoms with Crippen LogP contribution in [0.3, 0.4) is 0 Å². The van der Waals surface area contributed by atoms with E-state index in [1.807, 2.05) is 30.3 Å². The number of hydroxylamine groups is 2. The van der Waals surface area contributed by atoms with Crippen molar-refractivity contribution < 1.29 is 26.5 Å². The fourth-order valence-corrected chi connectivity index (χ4v) is 3.43. The number of benzene rings is 2. The van der Waals surface area contributed by atoms with Crippen LogP contribution in [0, 0.1) is 0 Å². The van der Waals surface area contributed by atoms with Gasteiger partial charge < -0.3 is 0 Å². The molecule has 1 aliphatic rings. The Labute approximate surface area is 147 Å². The summed E-state index contributed by atoms with van der Waals surface area (Å²) in [6.07, 6.45) is 0. The Balaban J connectivity index is 1.84. The molecule has 0 spiro atoms. The molecule has 0 bridgehead atoms. The third kappa shape index (κ3) is 3.63. The smallest absolute Gasteiger partial charge is 0.266 e. The van der Waals surface area contributed by atoms with E-state index in [-0.39, 0.29) is 11.3 Å². The van der Waals surface area contributed by atoms with Crippen LogP contribution in [0.5, 0.6) is 0 Å². The normalized spacial score (nSPS) is 15.4. The van der Waals surface area contributed by atoms with Crippen LogP contribution in [-0.2, 0) is 15.4 Å². The molecular formula is C16H10F3NO3S2.